The molecule has 172 valence electrons. The van der Waals surface area contributed by atoms with Crippen molar-refractivity contribution < 1.29 is 19.9 Å². The molecule has 2 aromatic carbocycles. The molecule has 0 spiro atoms. The van der Waals surface area contributed by atoms with Crippen molar-refractivity contribution in [3.63, 3.8) is 0 Å². The first-order valence-corrected chi connectivity index (χ1v) is 10.4. The van der Waals surface area contributed by atoms with Crippen LogP contribution in [0.4, 0.5) is 5.69 Å². The molecule has 1 amide bonds. The van der Waals surface area contributed by atoms with Crippen molar-refractivity contribution in [3.8, 4) is 11.5 Å². The second-order valence-electron chi connectivity index (χ2n) is 9.83. The zero-order chi connectivity index (χ0) is 24.3. The van der Waals surface area contributed by atoms with Gasteiger partial charge in [-0.1, -0.05) is 53.7 Å². The van der Waals surface area contributed by atoms with Crippen LogP contribution in [0.2, 0.25) is 0 Å². The van der Waals surface area contributed by atoms with Crippen molar-refractivity contribution in [2.24, 2.45) is 5.10 Å². The van der Waals surface area contributed by atoms with Gasteiger partial charge in [0.2, 0.25) is 5.91 Å². The molecule has 32 heavy (non-hydrogen) atoms. The lowest BCUT2D eigenvalue weighted by Crippen LogP contribution is -2.20. The molecule has 8 nitrogen and oxygen atoms in total. The van der Waals surface area contributed by atoms with Crippen LogP contribution in [0.15, 0.2) is 35.4 Å². The number of aryl methyl sites for hydroxylation is 1. The largest absolute Gasteiger partial charge is 0.507 e. The predicted octanol–water partition coefficient (Wildman–Crippen LogP) is 4.68. The average molecular weight is 442 g/mol. The van der Waals surface area contributed by atoms with E-state index in [0.717, 1.165) is 22.9 Å². The number of rotatable bonds is 6. The normalized spacial score (nSPS) is 12.2. The standard InChI is InChI=1S/C24H31N3O5/c1-23(2,3)18-11-15(12-19(22(18)30)24(4,5)6)7-10-21(29)26-25-14-16-13-17(27(31)32)8-9-20(16)28/h8-9,11-14,28,30H,7,10H2,1-6H3,(H,26,29). The Hall–Kier alpha value is -3.42. The minimum atomic E-state index is -0.579. The molecule has 0 aliphatic carbocycles. The third kappa shape index (κ3) is 6.29. The van der Waals surface area contributed by atoms with Gasteiger partial charge in [-0.2, -0.15) is 5.10 Å². The quantitative estimate of drug-likeness (QED) is 0.341. The highest BCUT2D eigenvalue weighted by Crippen LogP contribution is 2.40. The van der Waals surface area contributed by atoms with Crippen molar-refractivity contribution in [1.82, 2.24) is 5.43 Å². The number of benzene rings is 2. The lowest BCUT2D eigenvalue weighted by molar-refractivity contribution is -0.384. The van der Waals surface area contributed by atoms with Gasteiger partial charge in [-0.25, -0.2) is 5.43 Å². The van der Waals surface area contributed by atoms with Gasteiger partial charge in [0, 0.05) is 24.1 Å². The Morgan fingerprint density at radius 1 is 1.06 bits per heavy atom. The molecule has 0 aliphatic rings. The Morgan fingerprint density at radius 2 is 1.62 bits per heavy atom. The van der Waals surface area contributed by atoms with Crippen molar-refractivity contribution in [2.75, 3.05) is 0 Å². The number of hydrogen-bond donors (Lipinski definition) is 3. The number of nitrogens with one attached hydrogen (secondary N) is 1. The van der Waals surface area contributed by atoms with Crippen molar-refractivity contribution in [2.45, 2.75) is 65.2 Å². The van der Waals surface area contributed by atoms with Crippen molar-refractivity contribution in [3.05, 3.63) is 62.7 Å². The van der Waals surface area contributed by atoms with E-state index in [1.54, 1.807) is 0 Å². The number of hydrazone groups is 1. The summed E-state index contributed by atoms with van der Waals surface area (Å²) in [7, 11) is 0. The number of aromatic hydroxyl groups is 2. The number of phenolic OH excluding ortho intramolecular Hbond substituents is 2. The van der Waals surface area contributed by atoms with E-state index in [9.17, 15) is 25.1 Å². The molecule has 0 saturated carbocycles. The number of nitrogens with zero attached hydrogens (tertiary/aromatic N) is 2. The fourth-order valence-electron chi connectivity index (χ4n) is 3.23. The van der Waals surface area contributed by atoms with Gasteiger partial charge in [-0.15, -0.1) is 0 Å². The van der Waals surface area contributed by atoms with Gasteiger partial charge in [0.1, 0.15) is 11.5 Å². The summed E-state index contributed by atoms with van der Waals surface area (Å²) in [5.41, 5.74) is 4.41. The van der Waals surface area contributed by atoms with E-state index in [1.165, 1.54) is 18.2 Å². The topological polar surface area (TPSA) is 125 Å². The summed E-state index contributed by atoms with van der Waals surface area (Å²) < 4.78 is 0. The predicted molar refractivity (Wildman–Crippen MR) is 124 cm³/mol. The molecule has 0 aromatic heterocycles. The molecule has 0 unspecified atom stereocenters. The highest BCUT2D eigenvalue weighted by Gasteiger charge is 2.26. The molecule has 8 heteroatoms. The summed E-state index contributed by atoms with van der Waals surface area (Å²) >= 11 is 0. The molecular weight excluding hydrogens is 410 g/mol. The lowest BCUT2D eigenvalue weighted by atomic mass is 9.78. The molecule has 2 aromatic rings. The molecular formula is C24H31N3O5. The number of hydrogen-bond acceptors (Lipinski definition) is 6. The molecule has 3 N–H and O–H groups in total. The van der Waals surface area contributed by atoms with Crippen LogP contribution in [0.3, 0.4) is 0 Å². The van der Waals surface area contributed by atoms with E-state index in [1.807, 2.05) is 53.7 Å². The third-order valence-electron chi connectivity index (χ3n) is 5.04. The van der Waals surface area contributed by atoms with E-state index >= 15 is 0 Å². The van der Waals surface area contributed by atoms with Gasteiger partial charge >= 0.3 is 0 Å². The maximum Gasteiger partial charge on any atom is 0.270 e. The molecule has 2 rings (SSSR count). The molecule has 0 radical (unpaired) electrons. The number of carbonyl (C=O) groups excluding carboxylic acids is 1. The van der Waals surface area contributed by atoms with Crippen LogP contribution in [0.1, 0.15) is 70.2 Å². The lowest BCUT2D eigenvalue weighted by Gasteiger charge is -2.28. The fraction of sp³-hybridized carbons (Fsp3) is 0.417. The van der Waals surface area contributed by atoms with E-state index in [0.29, 0.717) is 12.2 Å². The Bertz CT molecular complexity index is 1010. The van der Waals surface area contributed by atoms with Crippen LogP contribution in [-0.4, -0.2) is 27.3 Å². The number of non-ortho nitro benzene ring substituents is 1. The minimum Gasteiger partial charge on any atom is -0.507 e. The summed E-state index contributed by atoms with van der Waals surface area (Å²) in [6.45, 7) is 12.2. The summed E-state index contributed by atoms with van der Waals surface area (Å²) in [6.07, 6.45) is 1.78. The molecule has 0 heterocycles. The SMILES string of the molecule is CC(C)(C)c1cc(CCC(=O)NN=Cc2cc([N+](=O)[O-])ccc2O)cc(C(C)(C)C)c1O. The molecule has 0 aliphatic heterocycles. The first-order chi connectivity index (χ1) is 14.7. The van der Waals surface area contributed by atoms with Crippen LogP contribution in [0.5, 0.6) is 11.5 Å². The molecule has 0 bridgehead atoms. The van der Waals surface area contributed by atoms with Gasteiger partial charge in [-0.3, -0.25) is 14.9 Å². The maximum absolute atomic E-state index is 12.3. The Labute approximate surface area is 188 Å². The zero-order valence-electron chi connectivity index (χ0n) is 19.4. The monoisotopic (exact) mass is 441 g/mol. The number of nitro benzene ring substituents is 1. The van der Waals surface area contributed by atoms with E-state index < -0.39 is 4.92 Å². The Kier molecular flexibility index (Phi) is 7.28. The zero-order valence-corrected chi connectivity index (χ0v) is 19.4. The number of carbonyl (C=O) groups is 1. The number of nitro groups is 1. The second-order valence-corrected chi connectivity index (χ2v) is 9.83. The Morgan fingerprint density at radius 3 is 2.12 bits per heavy atom. The van der Waals surface area contributed by atoms with Gasteiger partial charge in [0.15, 0.2) is 0 Å². The summed E-state index contributed by atoms with van der Waals surface area (Å²) in [5, 5.41) is 35.2. The van der Waals surface area contributed by atoms with Crippen LogP contribution in [-0.2, 0) is 22.0 Å². The third-order valence-corrected chi connectivity index (χ3v) is 5.04. The van der Waals surface area contributed by atoms with E-state index in [-0.39, 0.29) is 40.2 Å². The van der Waals surface area contributed by atoms with Crippen molar-refractivity contribution in [1.29, 1.82) is 0 Å². The van der Waals surface area contributed by atoms with Gasteiger partial charge < -0.3 is 10.2 Å². The van der Waals surface area contributed by atoms with Crippen molar-refractivity contribution >= 4 is 17.8 Å². The number of amides is 1. The summed E-state index contributed by atoms with van der Waals surface area (Å²) in [5.74, 6) is -0.226. The van der Waals surface area contributed by atoms with Crippen LogP contribution < -0.4 is 5.43 Å². The van der Waals surface area contributed by atoms with Crippen LogP contribution in [0.25, 0.3) is 0 Å². The highest BCUT2D eigenvalue weighted by molar-refractivity contribution is 5.86. The molecule has 0 atom stereocenters. The second kappa shape index (κ2) is 9.38. The van der Waals surface area contributed by atoms with Gasteiger partial charge in [0.05, 0.1) is 11.1 Å². The minimum absolute atomic E-state index is 0.127. The first kappa shape index (κ1) is 24.8. The number of phenols is 2. The van der Waals surface area contributed by atoms with Crippen LogP contribution in [0, 0.1) is 10.1 Å². The van der Waals surface area contributed by atoms with E-state index in [2.05, 4.69) is 10.5 Å². The highest BCUT2D eigenvalue weighted by atomic mass is 16.6. The van der Waals surface area contributed by atoms with Crippen LogP contribution >= 0.6 is 0 Å². The summed E-state index contributed by atoms with van der Waals surface area (Å²) in [6, 6.07) is 7.42. The molecule has 0 fully saturated rings. The average Bonchev–Trinajstić information content (AvgIpc) is 2.66. The maximum atomic E-state index is 12.3. The van der Waals surface area contributed by atoms with E-state index in [4.69, 9.17) is 0 Å². The van der Waals surface area contributed by atoms with Gasteiger partial charge in [-0.05, 0) is 40.0 Å². The smallest absolute Gasteiger partial charge is 0.270 e. The first-order valence-electron chi connectivity index (χ1n) is 10.4. The fourth-order valence-corrected chi connectivity index (χ4v) is 3.23. The molecule has 0 saturated heterocycles. The van der Waals surface area contributed by atoms with Gasteiger partial charge in [0.25, 0.3) is 5.69 Å². The Balaban J connectivity index is 2.12. The summed E-state index contributed by atoms with van der Waals surface area (Å²) in [4.78, 5) is 22.5.